The topological polar surface area (TPSA) is 92.4 Å². The third-order valence-corrected chi connectivity index (χ3v) is 2.87. The summed E-state index contributed by atoms with van der Waals surface area (Å²) in [5.41, 5.74) is 6.09. The Morgan fingerprint density at radius 2 is 2.16 bits per heavy atom. The molecule has 0 aliphatic carbocycles. The Labute approximate surface area is 116 Å². The summed E-state index contributed by atoms with van der Waals surface area (Å²) in [5.74, 6) is -1.22. The summed E-state index contributed by atoms with van der Waals surface area (Å²) in [4.78, 5) is 22.4. The van der Waals surface area contributed by atoms with Gasteiger partial charge in [0.15, 0.2) is 0 Å². The van der Waals surface area contributed by atoms with Gasteiger partial charge in [-0.25, -0.2) is 4.79 Å². The van der Waals surface area contributed by atoms with Crippen LogP contribution in [0.25, 0.3) is 0 Å². The average Bonchev–Trinajstić information content (AvgIpc) is 2.31. The summed E-state index contributed by atoms with van der Waals surface area (Å²) < 4.78 is 0. The van der Waals surface area contributed by atoms with Crippen LogP contribution in [0.15, 0.2) is 18.2 Å². The predicted molar refractivity (Wildman–Crippen MR) is 74.5 cm³/mol. The molecular formula is C13H17ClN2O3. The molecule has 104 valence electrons. The molecule has 0 heterocycles. The molecule has 1 atom stereocenters. The Hall–Kier alpha value is -1.59. The summed E-state index contributed by atoms with van der Waals surface area (Å²) in [5, 5.41) is 11.6. The Morgan fingerprint density at radius 1 is 1.47 bits per heavy atom. The number of hydrogen-bond donors (Lipinski definition) is 3. The molecule has 0 radical (unpaired) electrons. The number of anilines is 1. The highest BCUT2D eigenvalue weighted by Gasteiger charge is 2.09. The largest absolute Gasteiger partial charge is 0.478 e. The fourth-order valence-electron chi connectivity index (χ4n) is 1.55. The number of aromatic carboxylic acids is 1. The first-order valence-corrected chi connectivity index (χ1v) is 6.36. The number of nitrogens with one attached hydrogen (secondary N) is 1. The average molecular weight is 285 g/mol. The molecule has 1 unspecified atom stereocenters. The van der Waals surface area contributed by atoms with Crippen molar-refractivity contribution in [2.24, 2.45) is 5.73 Å². The summed E-state index contributed by atoms with van der Waals surface area (Å²) in [6.45, 7) is 1.89. The monoisotopic (exact) mass is 284 g/mol. The molecule has 0 spiro atoms. The van der Waals surface area contributed by atoms with Gasteiger partial charge in [0.1, 0.15) is 0 Å². The van der Waals surface area contributed by atoms with Gasteiger partial charge in [-0.2, -0.15) is 0 Å². The van der Waals surface area contributed by atoms with Crippen molar-refractivity contribution in [2.75, 3.05) is 5.32 Å². The van der Waals surface area contributed by atoms with E-state index in [4.69, 9.17) is 22.4 Å². The van der Waals surface area contributed by atoms with Crippen molar-refractivity contribution in [1.82, 2.24) is 0 Å². The lowest BCUT2D eigenvalue weighted by molar-refractivity contribution is -0.116. The molecule has 0 bridgehead atoms. The number of nitrogens with two attached hydrogens (primary N) is 1. The zero-order valence-corrected chi connectivity index (χ0v) is 11.4. The molecule has 1 rings (SSSR count). The molecule has 0 aromatic heterocycles. The first-order valence-electron chi connectivity index (χ1n) is 5.98. The maximum absolute atomic E-state index is 11.6. The Bertz CT molecular complexity index is 475. The number of hydrogen-bond acceptors (Lipinski definition) is 3. The summed E-state index contributed by atoms with van der Waals surface area (Å²) in [7, 11) is 0. The smallest absolute Gasteiger partial charge is 0.335 e. The minimum atomic E-state index is -1.06. The zero-order valence-electron chi connectivity index (χ0n) is 10.6. The van der Waals surface area contributed by atoms with Gasteiger partial charge in [-0.1, -0.05) is 11.6 Å². The molecular weight excluding hydrogens is 268 g/mol. The molecule has 1 aromatic rings. The molecule has 5 nitrogen and oxygen atoms in total. The first-order chi connectivity index (χ1) is 8.90. The quantitative estimate of drug-likeness (QED) is 0.748. The van der Waals surface area contributed by atoms with Gasteiger partial charge >= 0.3 is 5.97 Å². The number of carbonyl (C=O) groups is 2. The summed E-state index contributed by atoms with van der Waals surface area (Å²) >= 11 is 5.90. The lowest BCUT2D eigenvalue weighted by atomic mass is 10.1. The number of amides is 1. The standard InChI is InChI=1S/C13H17ClN2O3/c1-8(15)3-2-4-12(17)16-11-6-5-9(13(18)19)7-10(11)14/h5-8H,2-4,15H2,1H3,(H,16,17)(H,18,19). The Balaban J connectivity index is 2.57. The van der Waals surface area contributed by atoms with Crippen LogP contribution in [0.1, 0.15) is 36.5 Å². The Morgan fingerprint density at radius 3 is 2.68 bits per heavy atom. The van der Waals surface area contributed by atoms with Crippen molar-refractivity contribution in [3.63, 3.8) is 0 Å². The van der Waals surface area contributed by atoms with E-state index in [9.17, 15) is 9.59 Å². The first kappa shape index (κ1) is 15.5. The summed E-state index contributed by atoms with van der Waals surface area (Å²) in [6, 6.07) is 4.26. The molecule has 0 saturated heterocycles. The maximum Gasteiger partial charge on any atom is 0.335 e. The van der Waals surface area contributed by atoms with Crippen LogP contribution in [0.4, 0.5) is 5.69 Å². The van der Waals surface area contributed by atoms with Gasteiger partial charge in [0.2, 0.25) is 5.91 Å². The fourth-order valence-corrected chi connectivity index (χ4v) is 1.77. The lowest BCUT2D eigenvalue weighted by Gasteiger charge is -2.08. The molecule has 6 heteroatoms. The van der Waals surface area contributed by atoms with Gasteiger partial charge in [0.05, 0.1) is 16.3 Å². The van der Waals surface area contributed by atoms with Crippen LogP contribution in [0.2, 0.25) is 5.02 Å². The van der Waals surface area contributed by atoms with Gasteiger partial charge in [0.25, 0.3) is 0 Å². The number of halogens is 1. The van der Waals surface area contributed by atoms with E-state index in [0.29, 0.717) is 18.5 Å². The van der Waals surface area contributed by atoms with Crippen molar-refractivity contribution in [3.05, 3.63) is 28.8 Å². The molecule has 0 fully saturated rings. The van der Waals surface area contributed by atoms with Crippen LogP contribution in [0.3, 0.4) is 0 Å². The van der Waals surface area contributed by atoms with Gasteiger partial charge in [-0.05, 0) is 38.0 Å². The van der Waals surface area contributed by atoms with E-state index in [-0.39, 0.29) is 22.5 Å². The number of carboxylic acid groups (broad SMARTS) is 1. The number of carbonyl (C=O) groups excluding carboxylic acids is 1. The van der Waals surface area contributed by atoms with Crippen molar-refractivity contribution < 1.29 is 14.7 Å². The van der Waals surface area contributed by atoms with E-state index in [0.717, 1.165) is 6.42 Å². The molecule has 1 aromatic carbocycles. The summed E-state index contributed by atoms with van der Waals surface area (Å²) in [6.07, 6.45) is 1.84. The third kappa shape index (κ3) is 5.28. The molecule has 0 aliphatic heterocycles. The molecule has 0 saturated carbocycles. The molecule has 0 aliphatic rings. The number of carboxylic acids is 1. The highest BCUT2D eigenvalue weighted by atomic mass is 35.5. The fraction of sp³-hybridized carbons (Fsp3) is 0.385. The van der Waals surface area contributed by atoms with Crippen LogP contribution in [-0.2, 0) is 4.79 Å². The van der Waals surface area contributed by atoms with E-state index in [2.05, 4.69) is 5.32 Å². The van der Waals surface area contributed by atoms with Gasteiger partial charge in [0, 0.05) is 12.5 Å². The van der Waals surface area contributed by atoms with Crippen molar-refractivity contribution in [3.8, 4) is 0 Å². The van der Waals surface area contributed by atoms with E-state index < -0.39 is 5.97 Å². The van der Waals surface area contributed by atoms with Crippen LogP contribution in [0, 0.1) is 0 Å². The second-order valence-corrected chi connectivity index (χ2v) is 4.82. The second kappa shape index (κ2) is 7.11. The van der Waals surface area contributed by atoms with Gasteiger partial charge in [-0.3, -0.25) is 4.79 Å². The molecule has 1 amide bonds. The highest BCUT2D eigenvalue weighted by molar-refractivity contribution is 6.34. The highest BCUT2D eigenvalue weighted by Crippen LogP contribution is 2.23. The van der Waals surface area contributed by atoms with Crippen LogP contribution in [-0.4, -0.2) is 23.0 Å². The minimum absolute atomic E-state index is 0.0752. The van der Waals surface area contributed by atoms with Crippen LogP contribution < -0.4 is 11.1 Å². The van der Waals surface area contributed by atoms with E-state index in [1.165, 1.54) is 18.2 Å². The predicted octanol–water partition coefficient (Wildman–Crippen LogP) is 2.49. The third-order valence-electron chi connectivity index (χ3n) is 2.55. The van der Waals surface area contributed by atoms with Gasteiger partial charge < -0.3 is 16.2 Å². The SMILES string of the molecule is CC(N)CCCC(=O)Nc1ccc(C(=O)O)cc1Cl. The molecule has 19 heavy (non-hydrogen) atoms. The van der Waals surface area contributed by atoms with Gasteiger partial charge in [-0.15, -0.1) is 0 Å². The lowest BCUT2D eigenvalue weighted by Crippen LogP contribution is -2.17. The minimum Gasteiger partial charge on any atom is -0.478 e. The van der Waals surface area contributed by atoms with Crippen LogP contribution in [0.5, 0.6) is 0 Å². The van der Waals surface area contributed by atoms with Crippen LogP contribution >= 0.6 is 11.6 Å². The number of benzene rings is 1. The van der Waals surface area contributed by atoms with E-state index >= 15 is 0 Å². The Kier molecular flexibility index (Phi) is 5.79. The normalized spacial score (nSPS) is 11.9. The molecule has 4 N–H and O–H groups in total. The number of rotatable bonds is 6. The maximum atomic E-state index is 11.6. The second-order valence-electron chi connectivity index (χ2n) is 4.42. The van der Waals surface area contributed by atoms with Crippen molar-refractivity contribution >= 4 is 29.2 Å². The van der Waals surface area contributed by atoms with E-state index in [1.54, 1.807) is 0 Å². The zero-order chi connectivity index (χ0) is 14.4. The van der Waals surface area contributed by atoms with E-state index in [1.807, 2.05) is 6.92 Å². The van der Waals surface area contributed by atoms with Crippen molar-refractivity contribution in [2.45, 2.75) is 32.2 Å². The van der Waals surface area contributed by atoms with Crippen molar-refractivity contribution in [1.29, 1.82) is 0 Å².